The topological polar surface area (TPSA) is 15.3 Å². The van der Waals surface area contributed by atoms with E-state index in [0.717, 1.165) is 13.1 Å². The van der Waals surface area contributed by atoms with Crippen molar-refractivity contribution < 1.29 is 0 Å². The first-order chi connectivity index (χ1) is 8.68. The molecular weight excluding hydrogens is 220 g/mol. The fourth-order valence-electron chi connectivity index (χ4n) is 2.86. The number of benzene rings is 1. The van der Waals surface area contributed by atoms with Crippen LogP contribution < -0.4 is 5.32 Å². The van der Waals surface area contributed by atoms with Crippen molar-refractivity contribution in [1.82, 2.24) is 10.2 Å². The van der Waals surface area contributed by atoms with Crippen LogP contribution in [0.2, 0.25) is 0 Å². The van der Waals surface area contributed by atoms with E-state index in [0.29, 0.717) is 12.0 Å². The van der Waals surface area contributed by atoms with Gasteiger partial charge in [-0.3, -0.25) is 4.90 Å². The quantitative estimate of drug-likeness (QED) is 0.878. The molecule has 1 unspecified atom stereocenters. The number of rotatable bonds is 4. The maximum atomic E-state index is 3.44. The Morgan fingerprint density at radius 2 is 1.83 bits per heavy atom. The first-order valence-corrected chi connectivity index (χ1v) is 7.17. The SMILES string of the molecule is Cc1ccccc1CC(C(C)C)N1CCNCC1. The second-order valence-electron chi connectivity index (χ2n) is 5.73. The highest BCUT2D eigenvalue weighted by Gasteiger charge is 2.23. The average molecular weight is 246 g/mol. The molecule has 1 fully saturated rings. The van der Waals surface area contributed by atoms with Crippen molar-refractivity contribution in [2.45, 2.75) is 33.2 Å². The van der Waals surface area contributed by atoms with Gasteiger partial charge in [-0.05, 0) is 30.4 Å². The van der Waals surface area contributed by atoms with Crippen LogP contribution in [0.3, 0.4) is 0 Å². The summed E-state index contributed by atoms with van der Waals surface area (Å²) in [6, 6.07) is 9.48. The van der Waals surface area contributed by atoms with Crippen LogP contribution in [0.15, 0.2) is 24.3 Å². The summed E-state index contributed by atoms with van der Waals surface area (Å²) < 4.78 is 0. The van der Waals surface area contributed by atoms with E-state index in [1.807, 2.05) is 0 Å². The molecule has 1 N–H and O–H groups in total. The molecule has 1 aromatic carbocycles. The van der Waals surface area contributed by atoms with Crippen molar-refractivity contribution in [3.8, 4) is 0 Å². The molecule has 18 heavy (non-hydrogen) atoms. The molecule has 0 radical (unpaired) electrons. The highest BCUT2D eigenvalue weighted by Crippen LogP contribution is 2.19. The molecule has 0 amide bonds. The zero-order valence-corrected chi connectivity index (χ0v) is 11.9. The second kappa shape index (κ2) is 6.35. The van der Waals surface area contributed by atoms with Crippen LogP contribution in [0.25, 0.3) is 0 Å². The normalized spacial score (nSPS) is 19.1. The summed E-state index contributed by atoms with van der Waals surface area (Å²) in [4.78, 5) is 2.66. The Labute approximate surface area is 111 Å². The van der Waals surface area contributed by atoms with Gasteiger partial charge in [-0.1, -0.05) is 38.1 Å². The Balaban J connectivity index is 2.08. The van der Waals surface area contributed by atoms with E-state index < -0.39 is 0 Å². The predicted octanol–water partition coefficient (Wildman–Crippen LogP) is 2.47. The van der Waals surface area contributed by atoms with Gasteiger partial charge in [-0.15, -0.1) is 0 Å². The second-order valence-corrected chi connectivity index (χ2v) is 5.73. The molecular formula is C16H26N2. The maximum Gasteiger partial charge on any atom is 0.0160 e. The molecule has 2 heteroatoms. The van der Waals surface area contributed by atoms with Gasteiger partial charge < -0.3 is 5.32 Å². The van der Waals surface area contributed by atoms with Gasteiger partial charge in [-0.2, -0.15) is 0 Å². The van der Waals surface area contributed by atoms with Crippen molar-refractivity contribution in [3.05, 3.63) is 35.4 Å². The van der Waals surface area contributed by atoms with E-state index in [1.54, 1.807) is 0 Å². The molecule has 0 saturated carbocycles. The molecule has 0 spiro atoms. The van der Waals surface area contributed by atoms with Crippen LogP contribution in [0, 0.1) is 12.8 Å². The zero-order chi connectivity index (χ0) is 13.0. The third-order valence-corrected chi connectivity index (χ3v) is 4.08. The molecule has 1 aliphatic rings. The minimum absolute atomic E-state index is 0.674. The largest absolute Gasteiger partial charge is 0.314 e. The van der Waals surface area contributed by atoms with Gasteiger partial charge in [0, 0.05) is 32.2 Å². The first-order valence-electron chi connectivity index (χ1n) is 7.17. The average Bonchev–Trinajstić information content (AvgIpc) is 2.38. The maximum absolute atomic E-state index is 3.44. The molecule has 2 nitrogen and oxygen atoms in total. The van der Waals surface area contributed by atoms with Crippen LogP contribution in [-0.4, -0.2) is 37.1 Å². The molecule has 100 valence electrons. The summed E-state index contributed by atoms with van der Waals surface area (Å²) in [5.41, 5.74) is 2.94. The highest BCUT2D eigenvalue weighted by molar-refractivity contribution is 5.26. The van der Waals surface area contributed by atoms with Gasteiger partial charge in [0.25, 0.3) is 0 Å². The highest BCUT2D eigenvalue weighted by atomic mass is 15.2. The summed E-state index contributed by atoms with van der Waals surface area (Å²) in [5.74, 6) is 0.711. The monoisotopic (exact) mass is 246 g/mol. The number of aryl methyl sites for hydroxylation is 1. The van der Waals surface area contributed by atoms with Crippen molar-refractivity contribution >= 4 is 0 Å². The fourth-order valence-corrected chi connectivity index (χ4v) is 2.86. The Bertz CT molecular complexity index is 367. The number of nitrogens with one attached hydrogen (secondary N) is 1. The Morgan fingerprint density at radius 1 is 1.17 bits per heavy atom. The Kier molecular flexibility index (Phi) is 4.79. The molecule has 1 atom stereocenters. The molecule has 1 aliphatic heterocycles. The summed E-state index contributed by atoms with van der Waals surface area (Å²) in [5, 5.41) is 3.44. The van der Waals surface area contributed by atoms with Crippen LogP contribution in [0.4, 0.5) is 0 Å². The van der Waals surface area contributed by atoms with Gasteiger partial charge in [0.15, 0.2) is 0 Å². The van der Waals surface area contributed by atoms with E-state index in [4.69, 9.17) is 0 Å². The number of piperazine rings is 1. The predicted molar refractivity (Wildman–Crippen MR) is 78.0 cm³/mol. The lowest BCUT2D eigenvalue weighted by atomic mass is 9.92. The zero-order valence-electron chi connectivity index (χ0n) is 11.9. The summed E-state index contributed by atoms with van der Waals surface area (Å²) in [6.45, 7) is 11.6. The lowest BCUT2D eigenvalue weighted by Crippen LogP contribution is -2.51. The standard InChI is InChI=1S/C16H26N2/c1-13(2)16(18-10-8-17-9-11-18)12-15-7-5-4-6-14(15)3/h4-7,13,16-17H,8-12H2,1-3H3. The van der Waals surface area contributed by atoms with Gasteiger partial charge in [0.2, 0.25) is 0 Å². The van der Waals surface area contributed by atoms with Gasteiger partial charge in [0.1, 0.15) is 0 Å². The van der Waals surface area contributed by atoms with Crippen LogP contribution >= 0.6 is 0 Å². The molecule has 1 aromatic rings. The van der Waals surface area contributed by atoms with Crippen LogP contribution in [-0.2, 0) is 6.42 Å². The summed E-state index contributed by atoms with van der Waals surface area (Å²) >= 11 is 0. The van der Waals surface area contributed by atoms with Gasteiger partial charge in [-0.25, -0.2) is 0 Å². The lowest BCUT2D eigenvalue weighted by Gasteiger charge is -2.37. The molecule has 0 aliphatic carbocycles. The van der Waals surface area contributed by atoms with Crippen molar-refractivity contribution in [3.63, 3.8) is 0 Å². The van der Waals surface area contributed by atoms with Crippen molar-refractivity contribution in [1.29, 1.82) is 0 Å². The Morgan fingerprint density at radius 3 is 2.44 bits per heavy atom. The molecule has 0 bridgehead atoms. The molecule has 0 aromatic heterocycles. The number of hydrogen-bond acceptors (Lipinski definition) is 2. The minimum atomic E-state index is 0.674. The molecule has 1 saturated heterocycles. The summed E-state index contributed by atoms with van der Waals surface area (Å²) in [7, 11) is 0. The third kappa shape index (κ3) is 3.33. The smallest absolute Gasteiger partial charge is 0.0160 e. The first kappa shape index (κ1) is 13.6. The van der Waals surface area contributed by atoms with E-state index in [1.165, 1.54) is 30.6 Å². The number of nitrogens with zero attached hydrogens (tertiary/aromatic N) is 1. The third-order valence-electron chi connectivity index (χ3n) is 4.08. The molecule has 2 rings (SSSR count). The molecule has 1 heterocycles. The van der Waals surface area contributed by atoms with E-state index in [2.05, 4.69) is 55.3 Å². The van der Waals surface area contributed by atoms with Crippen molar-refractivity contribution in [2.24, 2.45) is 5.92 Å². The van der Waals surface area contributed by atoms with Crippen molar-refractivity contribution in [2.75, 3.05) is 26.2 Å². The van der Waals surface area contributed by atoms with E-state index >= 15 is 0 Å². The van der Waals surface area contributed by atoms with E-state index in [9.17, 15) is 0 Å². The number of hydrogen-bond donors (Lipinski definition) is 1. The van der Waals surface area contributed by atoms with Gasteiger partial charge in [0.05, 0.1) is 0 Å². The van der Waals surface area contributed by atoms with E-state index in [-0.39, 0.29) is 0 Å². The minimum Gasteiger partial charge on any atom is -0.314 e. The fraction of sp³-hybridized carbons (Fsp3) is 0.625. The van der Waals surface area contributed by atoms with Gasteiger partial charge >= 0.3 is 0 Å². The van der Waals surface area contributed by atoms with Crippen LogP contribution in [0.5, 0.6) is 0 Å². The lowest BCUT2D eigenvalue weighted by molar-refractivity contribution is 0.136. The summed E-state index contributed by atoms with van der Waals surface area (Å²) in [6.07, 6.45) is 1.18. The van der Waals surface area contributed by atoms with Crippen LogP contribution in [0.1, 0.15) is 25.0 Å². The Hall–Kier alpha value is -0.860.